The van der Waals surface area contributed by atoms with Gasteiger partial charge in [0, 0.05) is 6.32 Å². The molecule has 1 aliphatic heterocycles. The van der Waals surface area contributed by atoms with Crippen LogP contribution in [0, 0.1) is 0 Å². The molecule has 120 valence electrons. The molecule has 1 saturated heterocycles. The standard InChI is InChI=1S/C16H23BO5/c1-15(2)16(3,4)22-17(21-15)10-13(18)11-6-8-12(9-7-11)14(19)20-5/h6-9,13,18H,10H2,1-5H3. The topological polar surface area (TPSA) is 65.0 Å². The zero-order chi connectivity index (χ0) is 16.5. The molecular weight excluding hydrogens is 283 g/mol. The van der Waals surface area contributed by atoms with Crippen molar-refractivity contribution in [1.29, 1.82) is 0 Å². The van der Waals surface area contributed by atoms with E-state index in [1.165, 1.54) is 7.11 Å². The van der Waals surface area contributed by atoms with Gasteiger partial charge in [0.1, 0.15) is 0 Å². The van der Waals surface area contributed by atoms with E-state index in [9.17, 15) is 9.90 Å². The lowest BCUT2D eigenvalue weighted by Gasteiger charge is -2.32. The summed E-state index contributed by atoms with van der Waals surface area (Å²) in [6.45, 7) is 7.91. The van der Waals surface area contributed by atoms with Crippen molar-refractivity contribution in [3.8, 4) is 0 Å². The van der Waals surface area contributed by atoms with Crippen LogP contribution in [0.4, 0.5) is 0 Å². The Morgan fingerprint density at radius 1 is 1.18 bits per heavy atom. The number of rotatable bonds is 4. The Kier molecular flexibility index (Phi) is 4.66. The first-order chi connectivity index (χ1) is 10.2. The molecule has 0 amide bonds. The van der Waals surface area contributed by atoms with Crippen LogP contribution >= 0.6 is 0 Å². The van der Waals surface area contributed by atoms with Crippen LogP contribution in [0.15, 0.2) is 24.3 Å². The van der Waals surface area contributed by atoms with Gasteiger partial charge < -0.3 is 19.2 Å². The van der Waals surface area contributed by atoms with E-state index in [0.717, 1.165) is 0 Å². The normalized spacial score (nSPS) is 20.7. The number of esters is 1. The molecule has 1 aromatic carbocycles. The Hall–Kier alpha value is -1.37. The van der Waals surface area contributed by atoms with Crippen LogP contribution in [0.2, 0.25) is 6.32 Å². The fourth-order valence-electron chi connectivity index (χ4n) is 2.34. The first-order valence-corrected chi connectivity index (χ1v) is 7.38. The lowest BCUT2D eigenvalue weighted by atomic mass is 9.79. The number of aliphatic hydroxyl groups is 1. The summed E-state index contributed by atoms with van der Waals surface area (Å²) >= 11 is 0. The van der Waals surface area contributed by atoms with Gasteiger partial charge in [-0.3, -0.25) is 0 Å². The second-order valence-corrected chi connectivity index (χ2v) is 6.55. The number of ether oxygens (including phenoxy) is 1. The van der Waals surface area contributed by atoms with Crippen LogP contribution in [0.5, 0.6) is 0 Å². The summed E-state index contributed by atoms with van der Waals surface area (Å²) in [6, 6.07) is 6.69. The monoisotopic (exact) mass is 306 g/mol. The molecule has 1 N–H and O–H groups in total. The Balaban J connectivity index is 2.01. The second kappa shape index (κ2) is 6.03. The summed E-state index contributed by atoms with van der Waals surface area (Å²) in [4.78, 5) is 11.4. The predicted octanol–water partition coefficient (Wildman–Crippen LogP) is 2.60. The van der Waals surface area contributed by atoms with E-state index < -0.39 is 30.4 Å². The number of methoxy groups -OCH3 is 1. The fourth-order valence-corrected chi connectivity index (χ4v) is 2.34. The maximum absolute atomic E-state index is 11.4. The number of carbonyl (C=O) groups is 1. The molecule has 1 aromatic rings. The van der Waals surface area contributed by atoms with E-state index in [1.54, 1.807) is 24.3 Å². The Morgan fingerprint density at radius 3 is 2.14 bits per heavy atom. The van der Waals surface area contributed by atoms with Gasteiger partial charge in [-0.05, 0) is 45.4 Å². The van der Waals surface area contributed by atoms with Gasteiger partial charge in [0.15, 0.2) is 0 Å². The molecule has 2 rings (SSSR count). The van der Waals surface area contributed by atoms with Gasteiger partial charge in [0.2, 0.25) is 0 Å². The molecule has 22 heavy (non-hydrogen) atoms. The fraction of sp³-hybridized carbons (Fsp3) is 0.562. The van der Waals surface area contributed by atoms with Crippen LogP contribution in [-0.4, -0.2) is 36.5 Å². The smallest absolute Gasteiger partial charge is 0.460 e. The summed E-state index contributed by atoms with van der Waals surface area (Å²) in [7, 11) is 0.879. The summed E-state index contributed by atoms with van der Waals surface area (Å²) < 4.78 is 16.4. The Labute approximate surface area is 131 Å². The minimum Gasteiger partial charge on any atom is -0.465 e. The zero-order valence-electron chi connectivity index (χ0n) is 13.8. The minimum atomic E-state index is -0.721. The van der Waals surface area contributed by atoms with E-state index in [4.69, 9.17) is 9.31 Å². The maximum atomic E-state index is 11.4. The average molecular weight is 306 g/mol. The molecule has 0 radical (unpaired) electrons. The van der Waals surface area contributed by atoms with E-state index >= 15 is 0 Å². The SMILES string of the molecule is COC(=O)c1ccc(C(O)CB2OC(C)(C)C(C)(C)O2)cc1. The predicted molar refractivity (Wildman–Crippen MR) is 83.6 cm³/mol. The largest absolute Gasteiger partial charge is 0.465 e. The summed E-state index contributed by atoms with van der Waals surface area (Å²) in [6.07, 6.45) is -0.383. The Bertz CT molecular complexity index is 522. The third-order valence-electron chi connectivity index (χ3n) is 4.43. The van der Waals surface area contributed by atoms with Gasteiger partial charge in [0.25, 0.3) is 0 Å². The van der Waals surface area contributed by atoms with Crippen LogP contribution in [-0.2, 0) is 14.0 Å². The van der Waals surface area contributed by atoms with Crippen molar-refractivity contribution in [3.05, 3.63) is 35.4 Å². The van der Waals surface area contributed by atoms with Crippen molar-refractivity contribution in [2.24, 2.45) is 0 Å². The molecule has 1 fully saturated rings. The highest BCUT2D eigenvalue weighted by Gasteiger charge is 2.51. The highest BCUT2D eigenvalue weighted by molar-refractivity contribution is 6.45. The number of carbonyl (C=O) groups excluding carboxylic acids is 1. The van der Waals surface area contributed by atoms with E-state index in [1.807, 2.05) is 27.7 Å². The van der Waals surface area contributed by atoms with Crippen molar-refractivity contribution < 1.29 is 23.9 Å². The van der Waals surface area contributed by atoms with Crippen molar-refractivity contribution in [3.63, 3.8) is 0 Å². The van der Waals surface area contributed by atoms with Crippen LogP contribution in [0.1, 0.15) is 49.7 Å². The molecule has 1 unspecified atom stereocenters. The van der Waals surface area contributed by atoms with Crippen molar-refractivity contribution in [2.75, 3.05) is 7.11 Å². The number of hydrogen-bond acceptors (Lipinski definition) is 5. The molecule has 0 spiro atoms. The lowest BCUT2D eigenvalue weighted by Crippen LogP contribution is -2.41. The molecule has 5 nitrogen and oxygen atoms in total. The number of hydrogen-bond donors (Lipinski definition) is 1. The first-order valence-electron chi connectivity index (χ1n) is 7.38. The van der Waals surface area contributed by atoms with Crippen molar-refractivity contribution in [1.82, 2.24) is 0 Å². The van der Waals surface area contributed by atoms with Crippen LogP contribution < -0.4 is 0 Å². The van der Waals surface area contributed by atoms with Crippen LogP contribution in [0.3, 0.4) is 0 Å². The summed E-state index contributed by atoms with van der Waals surface area (Å²) in [5.74, 6) is -0.396. The van der Waals surface area contributed by atoms with E-state index in [2.05, 4.69) is 4.74 Å². The van der Waals surface area contributed by atoms with Gasteiger partial charge in [-0.2, -0.15) is 0 Å². The first kappa shape index (κ1) is 17.0. The van der Waals surface area contributed by atoms with Crippen molar-refractivity contribution in [2.45, 2.75) is 51.3 Å². The van der Waals surface area contributed by atoms with Crippen molar-refractivity contribution >= 4 is 13.1 Å². The molecule has 0 aliphatic carbocycles. The summed E-state index contributed by atoms with van der Waals surface area (Å²) in [5, 5.41) is 10.3. The van der Waals surface area contributed by atoms with Crippen LogP contribution in [0.25, 0.3) is 0 Å². The molecule has 1 aliphatic rings. The maximum Gasteiger partial charge on any atom is 0.460 e. The third-order valence-corrected chi connectivity index (χ3v) is 4.43. The minimum absolute atomic E-state index is 0.338. The third kappa shape index (κ3) is 3.34. The zero-order valence-corrected chi connectivity index (χ0v) is 13.8. The van der Waals surface area contributed by atoms with E-state index in [0.29, 0.717) is 17.4 Å². The average Bonchev–Trinajstić information content (AvgIpc) is 2.65. The lowest BCUT2D eigenvalue weighted by molar-refractivity contribution is 0.00578. The quantitative estimate of drug-likeness (QED) is 0.684. The summed E-state index contributed by atoms with van der Waals surface area (Å²) in [5.41, 5.74) is 0.342. The van der Waals surface area contributed by atoms with Gasteiger partial charge in [0.05, 0.1) is 30.0 Å². The molecule has 6 heteroatoms. The molecule has 0 bridgehead atoms. The van der Waals surface area contributed by atoms with Gasteiger partial charge in [-0.1, -0.05) is 12.1 Å². The van der Waals surface area contributed by atoms with Gasteiger partial charge in [-0.15, -0.1) is 0 Å². The Morgan fingerprint density at radius 2 is 1.68 bits per heavy atom. The number of benzene rings is 1. The van der Waals surface area contributed by atoms with Gasteiger partial charge in [-0.25, -0.2) is 4.79 Å². The second-order valence-electron chi connectivity index (χ2n) is 6.55. The molecule has 1 atom stereocenters. The molecular formula is C16H23BO5. The molecule has 0 saturated carbocycles. The van der Waals surface area contributed by atoms with Gasteiger partial charge >= 0.3 is 13.1 Å². The molecule has 0 aromatic heterocycles. The van der Waals surface area contributed by atoms with E-state index in [-0.39, 0.29) is 0 Å². The molecule has 1 heterocycles. The number of aliphatic hydroxyl groups excluding tert-OH is 1. The highest BCUT2D eigenvalue weighted by Crippen LogP contribution is 2.39. The highest BCUT2D eigenvalue weighted by atomic mass is 16.7.